The fraction of sp³-hybridized carbons (Fsp3) is 0.615. The number of alkyl carbamates (subject to hydrolysis) is 2. The van der Waals surface area contributed by atoms with Gasteiger partial charge in [0.2, 0.25) is 5.91 Å². The molecule has 1 rings (SSSR count). The zero-order valence-corrected chi connectivity index (χ0v) is 22.4. The molecule has 2 atom stereocenters. The van der Waals surface area contributed by atoms with Gasteiger partial charge in [-0.1, -0.05) is 30.3 Å². The van der Waals surface area contributed by atoms with Crippen LogP contribution >= 0.6 is 0 Å². The quantitative estimate of drug-likeness (QED) is 0.236. The van der Waals surface area contributed by atoms with E-state index in [9.17, 15) is 19.2 Å². The molecule has 0 saturated heterocycles. The first-order valence-corrected chi connectivity index (χ1v) is 12.1. The zero-order valence-electron chi connectivity index (χ0n) is 22.4. The molecule has 2 unspecified atom stereocenters. The summed E-state index contributed by atoms with van der Waals surface area (Å²) in [7, 11) is 0. The number of carbonyl (C=O) groups excluding carboxylic acids is 4. The van der Waals surface area contributed by atoms with Gasteiger partial charge in [0, 0.05) is 6.54 Å². The zero-order chi connectivity index (χ0) is 27.4. The lowest BCUT2D eigenvalue weighted by Gasteiger charge is -2.24. The smallest absolute Gasteiger partial charge is 0.408 e. The SMILES string of the molecule is CC(NC(=O)C(CCCCNC(=O)OC(C)(C)C)NC(=O)OCc1ccccc1)C(=O)OC(C)(C)C. The van der Waals surface area contributed by atoms with Gasteiger partial charge < -0.3 is 30.2 Å². The molecule has 0 heterocycles. The summed E-state index contributed by atoms with van der Waals surface area (Å²) in [5.74, 6) is -1.12. The van der Waals surface area contributed by atoms with Crippen molar-refractivity contribution in [2.45, 2.75) is 97.6 Å². The third kappa shape index (κ3) is 14.2. The van der Waals surface area contributed by atoms with Crippen LogP contribution in [0.2, 0.25) is 0 Å². The second-order valence-corrected chi connectivity index (χ2v) is 10.4. The van der Waals surface area contributed by atoms with Gasteiger partial charge in [-0.2, -0.15) is 0 Å². The van der Waals surface area contributed by atoms with Gasteiger partial charge in [-0.3, -0.25) is 4.79 Å². The number of hydrogen-bond donors (Lipinski definition) is 3. The molecule has 10 nitrogen and oxygen atoms in total. The molecule has 0 aliphatic heterocycles. The molecule has 10 heteroatoms. The second-order valence-electron chi connectivity index (χ2n) is 10.4. The van der Waals surface area contributed by atoms with Crippen LogP contribution in [0.5, 0.6) is 0 Å². The second kappa shape index (κ2) is 14.3. The summed E-state index contributed by atoms with van der Waals surface area (Å²) < 4.78 is 15.7. The number of unbranched alkanes of at least 4 members (excludes halogenated alkanes) is 1. The van der Waals surface area contributed by atoms with Crippen molar-refractivity contribution in [1.82, 2.24) is 16.0 Å². The van der Waals surface area contributed by atoms with Crippen LogP contribution in [0.1, 0.15) is 73.3 Å². The van der Waals surface area contributed by atoms with Gasteiger partial charge in [-0.05, 0) is 73.3 Å². The maximum Gasteiger partial charge on any atom is 0.408 e. The molecule has 0 spiro atoms. The van der Waals surface area contributed by atoms with Gasteiger partial charge >= 0.3 is 18.2 Å². The highest BCUT2D eigenvalue weighted by molar-refractivity contribution is 5.89. The van der Waals surface area contributed by atoms with Crippen molar-refractivity contribution in [3.63, 3.8) is 0 Å². The number of benzene rings is 1. The number of amides is 3. The first-order valence-electron chi connectivity index (χ1n) is 12.1. The molecule has 1 aromatic rings. The van der Waals surface area contributed by atoms with E-state index in [-0.39, 0.29) is 13.0 Å². The van der Waals surface area contributed by atoms with Crippen molar-refractivity contribution in [2.24, 2.45) is 0 Å². The Balaban J connectivity index is 2.66. The van der Waals surface area contributed by atoms with Crippen molar-refractivity contribution in [3.05, 3.63) is 35.9 Å². The molecule has 3 amide bonds. The monoisotopic (exact) mass is 507 g/mol. The lowest BCUT2D eigenvalue weighted by atomic mass is 10.1. The molecule has 0 radical (unpaired) electrons. The number of esters is 1. The van der Waals surface area contributed by atoms with E-state index < -0.39 is 47.3 Å². The molecule has 0 saturated carbocycles. The van der Waals surface area contributed by atoms with Gasteiger partial charge in [-0.25, -0.2) is 14.4 Å². The Morgan fingerprint density at radius 3 is 2.03 bits per heavy atom. The topological polar surface area (TPSA) is 132 Å². The maximum atomic E-state index is 12.9. The number of hydrogen-bond acceptors (Lipinski definition) is 7. The largest absolute Gasteiger partial charge is 0.458 e. The van der Waals surface area contributed by atoms with E-state index >= 15 is 0 Å². The van der Waals surface area contributed by atoms with Crippen LogP contribution in [0.15, 0.2) is 30.3 Å². The molecule has 0 aliphatic rings. The Morgan fingerprint density at radius 2 is 1.44 bits per heavy atom. The van der Waals surface area contributed by atoms with Crippen molar-refractivity contribution in [3.8, 4) is 0 Å². The summed E-state index contributed by atoms with van der Waals surface area (Å²) in [5, 5.41) is 7.82. The number of rotatable bonds is 11. The van der Waals surface area contributed by atoms with Crippen LogP contribution in [0.3, 0.4) is 0 Å². The van der Waals surface area contributed by atoms with Crippen LogP contribution in [-0.4, -0.2) is 53.9 Å². The summed E-state index contributed by atoms with van der Waals surface area (Å²) in [6.45, 7) is 12.4. The van der Waals surface area contributed by atoms with Crippen LogP contribution in [0.25, 0.3) is 0 Å². The highest BCUT2D eigenvalue weighted by atomic mass is 16.6. The van der Waals surface area contributed by atoms with E-state index in [1.54, 1.807) is 41.5 Å². The van der Waals surface area contributed by atoms with E-state index in [4.69, 9.17) is 14.2 Å². The van der Waals surface area contributed by atoms with E-state index in [0.717, 1.165) is 5.56 Å². The Bertz CT molecular complexity index is 861. The van der Waals surface area contributed by atoms with Gasteiger partial charge in [0.25, 0.3) is 0 Å². The molecule has 202 valence electrons. The van der Waals surface area contributed by atoms with Crippen LogP contribution in [0.4, 0.5) is 9.59 Å². The standard InChI is InChI=1S/C26H41N3O7/c1-18(22(31)35-25(2,3)4)28-21(30)20(15-11-12-16-27-23(32)36-26(5,6)7)29-24(33)34-17-19-13-9-8-10-14-19/h8-10,13-14,18,20H,11-12,15-17H2,1-7H3,(H,27,32)(H,28,30)(H,29,33). The number of carbonyl (C=O) groups is 4. The number of ether oxygens (including phenoxy) is 3. The highest BCUT2D eigenvalue weighted by Gasteiger charge is 2.27. The summed E-state index contributed by atoms with van der Waals surface area (Å²) in [4.78, 5) is 49.3. The van der Waals surface area contributed by atoms with Crippen molar-refractivity contribution < 1.29 is 33.4 Å². The van der Waals surface area contributed by atoms with Crippen LogP contribution < -0.4 is 16.0 Å². The minimum atomic E-state index is -0.945. The lowest BCUT2D eigenvalue weighted by Crippen LogP contribution is -2.51. The van der Waals surface area contributed by atoms with E-state index in [1.807, 2.05) is 30.3 Å². The predicted molar refractivity (Wildman–Crippen MR) is 135 cm³/mol. The molecule has 0 aromatic heterocycles. The van der Waals surface area contributed by atoms with Crippen molar-refractivity contribution >= 4 is 24.1 Å². The van der Waals surface area contributed by atoms with Gasteiger partial charge in [0.15, 0.2) is 0 Å². The Labute approximate surface area is 213 Å². The molecular weight excluding hydrogens is 466 g/mol. The van der Waals surface area contributed by atoms with Gasteiger partial charge in [-0.15, -0.1) is 0 Å². The third-order valence-corrected chi connectivity index (χ3v) is 4.53. The van der Waals surface area contributed by atoms with Crippen molar-refractivity contribution in [2.75, 3.05) is 6.54 Å². The Kier molecular flexibility index (Phi) is 12.2. The van der Waals surface area contributed by atoms with Crippen LogP contribution in [-0.2, 0) is 30.4 Å². The average Bonchev–Trinajstić information content (AvgIpc) is 2.74. The molecule has 0 bridgehead atoms. The fourth-order valence-corrected chi connectivity index (χ4v) is 2.92. The summed E-state index contributed by atoms with van der Waals surface area (Å²) in [5.41, 5.74) is -0.487. The predicted octanol–water partition coefficient (Wildman–Crippen LogP) is 3.82. The summed E-state index contributed by atoms with van der Waals surface area (Å²) in [6, 6.07) is 7.30. The molecule has 1 aromatic carbocycles. The molecule has 36 heavy (non-hydrogen) atoms. The molecule has 0 fully saturated rings. The van der Waals surface area contributed by atoms with Gasteiger partial charge in [0.05, 0.1) is 0 Å². The molecular formula is C26H41N3O7. The lowest BCUT2D eigenvalue weighted by molar-refractivity contribution is -0.158. The van der Waals surface area contributed by atoms with Crippen molar-refractivity contribution in [1.29, 1.82) is 0 Å². The summed E-state index contributed by atoms with van der Waals surface area (Å²) >= 11 is 0. The minimum Gasteiger partial charge on any atom is -0.458 e. The third-order valence-electron chi connectivity index (χ3n) is 4.53. The maximum absolute atomic E-state index is 12.9. The first-order chi connectivity index (χ1) is 16.7. The highest BCUT2D eigenvalue weighted by Crippen LogP contribution is 2.10. The Hall–Kier alpha value is -3.30. The first kappa shape index (κ1) is 30.7. The summed E-state index contributed by atoms with van der Waals surface area (Å²) in [6.07, 6.45) is 0.0453. The van der Waals surface area contributed by atoms with E-state index in [0.29, 0.717) is 19.4 Å². The molecule has 0 aliphatic carbocycles. The number of nitrogens with one attached hydrogen (secondary N) is 3. The van der Waals surface area contributed by atoms with Gasteiger partial charge in [0.1, 0.15) is 29.9 Å². The average molecular weight is 508 g/mol. The Morgan fingerprint density at radius 1 is 0.833 bits per heavy atom. The molecule has 3 N–H and O–H groups in total. The van der Waals surface area contributed by atoms with E-state index in [1.165, 1.54) is 6.92 Å². The minimum absolute atomic E-state index is 0.0507. The normalized spacial score (nSPS) is 13.1. The van der Waals surface area contributed by atoms with Crippen LogP contribution in [0, 0.1) is 0 Å². The van der Waals surface area contributed by atoms with E-state index in [2.05, 4.69) is 16.0 Å². The fourth-order valence-electron chi connectivity index (χ4n) is 2.92.